The lowest BCUT2D eigenvalue weighted by Gasteiger charge is -2.18. The summed E-state index contributed by atoms with van der Waals surface area (Å²) >= 11 is 0. The Labute approximate surface area is 193 Å². The zero-order valence-electron chi connectivity index (χ0n) is 17.9. The number of hydrogen-bond acceptors (Lipinski definition) is 10. The highest BCUT2D eigenvalue weighted by Gasteiger charge is 2.50. The zero-order valence-corrected chi connectivity index (χ0v) is 17.9. The highest BCUT2D eigenvalue weighted by atomic mass is 16.7. The van der Waals surface area contributed by atoms with Crippen LogP contribution in [0.25, 0.3) is 0 Å². The van der Waals surface area contributed by atoms with Gasteiger partial charge in [-0.2, -0.15) is 4.68 Å². The second kappa shape index (κ2) is 8.80. The Morgan fingerprint density at radius 1 is 1.03 bits per heavy atom. The fourth-order valence-corrected chi connectivity index (χ4v) is 4.23. The van der Waals surface area contributed by atoms with E-state index in [2.05, 4.69) is 20.8 Å². The van der Waals surface area contributed by atoms with E-state index in [-0.39, 0.29) is 49.6 Å². The van der Waals surface area contributed by atoms with Crippen molar-refractivity contribution in [2.45, 2.75) is 24.3 Å². The average Bonchev–Trinajstić information content (AvgIpc) is 3.64. The van der Waals surface area contributed by atoms with Crippen LogP contribution in [-0.2, 0) is 14.3 Å². The molecule has 2 fully saturated rings. The minimum atomic E-state index is -0.344. The first-order valence-corrected chi connectivity index (χ1v) is 10.8. The first-order valence-electron chi connectivity index (χ1n) is 10.8. The molecular formula is C22H21N5O7. The molecule has 3 aromatic rings. The Balaban J connectivity index is 1.09. The molecule has 1 amide bonds. The predicted molar refractivity (Wildman–Crippen MR) is 113 cm³/mol. The number of fused-ring (bicyclic) bond motifs is 2. The van der Waals surface area contributed by atoms with Crippen molar-refractivity contribution in [1.29, 1.82) is 0 Å². The molecule has 12 heteroatoms. The number of rotatable bonds is 7. The second-order valence-corrected chi connectivity index (χ2v) is 7.96. The number of nitrogens with zero attached hydrogens (tertiary/aromatic N) is 4. The third kappa shape index (κ3) is 3.97. The zero-order chi connectivity index (χ0) is 22.9. The first-order chi connectivity index (χ1) is 16.7. The van der Waals surface area contributed by atoms with Crippen LogP contribution in [0, 0.1) is 0 Å². The lowest BCUT2D eigenvalue weighted by molar-refractivity contribution is -0.124. The molecule has 1 N–H and O–H groups in total. The third-order valence-electron chi connectivity index (χ3n) is 5.82. The number of aromatic nitrogens is 4. The van der Waals surface area contributed by atoms with Gasteiger partial charge >= 0.3 is 6.01 Å². The summed E-state index contributed by atoms with van der Waals surface area (Å²) in [6, 6.07) is 14.0. The van der Waals surface area contributed by atoms with Gasteiger partial charge in [0, 0.05) is 6.07 Å². The maximum Gasteiger partial charge on any atom is 0.341 e. The Morgan fingerprint density at radius 3 is 2.79 bits per heavy atom. The van der Waals surface area contributed by atoms with E-state index in [1.165, 1.54) is 4.68 Å². The van der Waals surface area contributed by atoms with Crippen LogP contribution in [-0.4, -0.2) is 71.0 Å². The highest BCUT2D eigenvalue weighted by molar-refractivity contribution is 5.78. The minimum absolute atomic E-state index is 0.0954. The van der Waals surface area contributed by atoms with E-state index >= 15 is 0 Å². The summed E-state index contributed by atoms with van der Waals surface area (Å²) in [5.41, 5.74) is 0. The van der Waals surface area contributed by atoms with Gasteiger partial charge in [0.25, 0.3) is 5.91 Å². The summed E-state index contributed by atoms with van der Waals surface area (Å²) in [4.78, 5) is 12.4. The van der Waals surface area contributed by atoms with Gasteiger partial charge in [-0.25, -0.2) is 0 Å². The van der Waals surface area contributed by atoms with Gasteiger partial charge in [-0.05, 0) is 34.7 Å². The largest absolute Gasteiger partial charge is 0.484 e. The molecular weight excluding hydrogens is 446 g/mol. The lowest BCUT2D eigenvalue weighted by atomic mass is 10.1. The van der Waals surface area contributed by atoms with Gasteiger partial charge < -0.3 is 33.7 Å². The standard InChI is InChI=1S/C22H21N5O7/c28-19(11-29-13-4-2-1-3-5-13)23-15-9-30-21-16(10-31-20(15)21)27-22(24-25-26-27)34-14-6-7-17-18(8-14)33-12-32-17/h1-8,15-16,20-21H,9-12H2,(H,23,28)/t15-,16+,20-,21+/m1/s1. The van der Waals surface area contributed by atoms with Gasteiger partial charge in [-0.1, -0.05) is 23.3 Å². The number of amides is 1. The van der Waals surface area contributed by atoms with E-state index < -0.39 is 0 Å². The summed E-state index contributed by atoms with van der Waals surface area (Å²) in [6.07, 6.45) is -0.684. The van der Waals surface area contributed by atoms with Gasteiger partial charge in [0.1, 0.15) is 29.7 Å². The summed E-state index contributed by atoms with van der Waals surface area (Å²) < 4.78 is 35.6. The van der Waals surface area contributed by atoms with Crippen molar-refractivity contribution in [3.8, 4) is 29.0 Å². The summed E-state index contributed by atoms with van der Waals surface area (Å²) in [6.45, 7) is 0.697. The van der Waals surface area contributed by atoms with Crippen LogP contribution in [0.15, 0.2) is 48.5 Å². The van der Waals surface area contributed by atoms with E-state index in [0.717, 1.165) is 0 Å². The van der Waals surface area contributed by atoms with Crippen molar-refractivity contribution in [2.75, 3.05) is 26.6 Å². The molecule has 0 radical (unpaired) electrons. The summed E-state index contributed by atoms with van der Waals surface area (Å²) in [7, 11) is 0. The molecule has 0 unspecified atom stereocenters. The molecule has 2 aromatic carbocycles. The topological polar surface area (TPSA) is 128 Å². The molecule has 0 spiro atoms. The van der Waals surface area contributed by atoms with Crippen molar-refractivity contribution in [3.05, 3.63) is 48.5 Å². The minimum Gasteiger partial charge on any atom is -0.484 e. The van der Waals surface area contributed by atoms with E-state index in [0.29, 0.717) is 36.2 Å². The number of para-hydroxylation sites is 1. The Hall–Kier alpha value is -3.90. The van der Waals surface area contributed by atoms with Crippen LogP contribution in [0.5, 0.6) is 29.0 Å². The monoisotopic (exact) mass is 467 g/mol. The molecule has 3 aliphatic heterocycles. The number of hydrogen-bond donors (Lipinski definition) is 1. The molecule has 0 bridgehead atoms. The lowest BCUT2D eigenvalue weighted by Crippen LogP contribution is -2.45. The second-order valence-electron chi connectivity index (χ2n) is 7.96. The molecule has 176 valence electrons. The van der Waals surface area contributed by atoms with Gasteiger partial charge in [0.15, 0.2) is 18.1 Å². The number of nitrogens with one attached hydrogen (secondary N) is 1. The van der Waals surface area contributed by atoms with Crippen LogP contribution >= 0.6 is 0 Å². The molecule has 2 saturated heterocycles. The van der Waals surface area contributed by atoms with E-state index in [1.807, 2.05) is 18.2 Å². The molecule has 0 aliphatic carbocycles. The number of ether oxygens (including phenoxy) is 6. The van der Waals surface area contributed by atoms with Crippen molar-refractivity contribution in [1.82, 2.24) is 25.5 Å². The van der Waals surface area contributed by atoms with Crippen molar-refractivity contribution < 1.29 is 33.2 Å². The Kier molecular flexibility index (Phi) is 5.35. The normalized spacial score (nSPS) is 24.6. The quantitative estimate of drug-likeness (QED) is 0.539. The Bertz CT molecular complexity index is 1170. The molecule has 1 aromatic heterocycles. The third-order valence-corrected chi connectivity index (χ3v) is 5.82. The maximum atomic E-state index is 12.4. The molecule has 3 aliphatic rings. The molecule has 0 saturated carbocycles. The van der Waals surface area contributed by atoms with Crippen LogP contribution in [0.2, 0.25) is 0 Å². The van der Waals surface area contributed by atoms with Gasteiger partial charge in [-0.15, -0.1) is 0 Å². The van der Waals surface area contributed by atoms with Crippen LogP contribution in [0.1, 0.15) is 6.04 Å². The van der Waals surface area contributed by atoms with Gasteiger partial charge in [-0.3, -0.25) is 4.79 Å². The average molecular weight is 467 g/mol. The summed E-state index contributed by atoms with van der Waals surface area (Å²) in [5.74, 6) is 2.13. The molecule has 6 rings (SSSR count). The van der Waals surface area contributed by atoms with Crippen LogP contribution < -0.4 is 24.3 Å². The van der Waals surface area contributed by atoms with Crippen LogP contribution in [0.3, 0.4) is 0 Å². The molecule has 4 heterocycles. The van der Waals surface area contributed by atoms with Gasteiger partial charge in [0.2, 0.25) is 6.79 Å². The number of tetrazole rings is 1. The maximum absolute atomic E-state index is 12.4. The SMILES string of the molecule is O=C(COc1ccccc1)N[C@@H]1CO[C@@H]2[C@@H]1OC[C@@H]2n1nnnc1Oc1ccc2c(c1)OCO2. The van der Waals surface area contributed by atoms with Crippen molar-refractivity contribution in [2.24, 2.45) is 0 Å². The van der Waals surface area contributed by atoms with E-state index in [4.69, 9.17) is 28.4 Å². The Morgan fingerprint density at radius 2 is 1.88 bits per heavy atom. The highest BCUT2D eigenvalue weighted by Crippen LogP contribution is 2.38. The fraction of sp³-hybridized carbons (Fsp3) is 0.364. The number of carbonyl (C=O) groups is 1. The van der Waals surface area contributed by atoms with Crippen LogP contribution in [0.4, 0.5) is 0 Å². The summed E-state index contributed by atoms with van der Waals surface area (Å²) in [5, 5.41) is 14.8. The first kappa shape index (κ1) is 20.7. The smallest absolute Gasteiger partial charge is 0.341 e. The molecule has 4 atom stereocenters. The van der Waals surface area contributed by atoms with E-state index in [9.17, 15) is 4.79 Å². The van der Waals surface area contributed by atoms with Crippen molar-refractivity contribution in [3.63, 3.8) is 0 Å². The number of benzene rings is 2. The fourth-order valence-electron chi connectivity index (χ4n) is 4.23. The van der Waals surface area contributed by atoms with Gasteiger partial charge in [0.05, 0.1) is 19.3 Å². The predicted octanol–water partition coefficient (Wildman–Crippen LogP) is 1.10. The van der Waals surface area contributed by atoms with E-state index in [1.54, 1.807) is 30.3 Å². The number of carbonyl (C=O) groups excluding carboxylic acids is 1. The molecule has 34 heavy (non-hydrogen) atoms. The molecule has 12 nitrogen and oxygen atoms in total. The van der Waals surface area contributed by atoms with Crippen molar-refractivity contribution >= 4 is 5.91 Å².